The molecule has 1 nitrogen and oxygen atoms in total. The normalized spacial score (nSPS) is 10.9. The molecule has 0 aliphatic rings. The molecule has 0 saturated carbocycles. The lowest BCUT2D eigenvalue weighted by molar-refractivity contribution is 0.537. The average molecular weight is 382 g/mol. The van der Waals surface area contributed by atoms with Gasteiger partial charge in [-0.15, -0.1) is 17.0 Å². The van der Waals surface area contributed by atoms with Crippen LogP contribution in [0.25, 0.3) is 0 Å². The zero-order valence-electron chi connectivity index (χ0n) is 13.8. The van der Waals surface area contributed by atoms with Gasteiger partial charge in [-0.1, -0.05) is 91.0 Å². The highest BCUT2D eigenvalue weighted by Crippen LogP contribution is 2.42. The predicted molar refractivity (Wildman–Crippen MR) is 108 cm³/mol. The minimum Gasteiger partial charge on any atom is -0.330 e. The summed E-state index contributed by atoms with van der Waals surface area (Å²) in [6.45, 7) is 0.703. The van der Waals surface area contributed by atoms with E-state index in [1.54, 1.807) is 0 Å². The van der Waals surface area contributed by atoms with Gasteiger partial charge in [0.25, 0.3) is 0 Å². The fourth-order valence-corrected chi connectivity index (χ4v) is 3.47. The van der Waals surface area contributed by atoms with Crippen molar-refractivity contribution < 1.29 is 0 Å². The van der Waals surface area contributed by atoms with Crippen LogP contribution in [-0.4, -0.2) is 6.54 Å². The zero-order chi connectivity index (χ0) is 16.0. The van der Waals surface area contributed by atoms with E-state index in [0.717, 1.165) is 12.8 Å². The molecule has 0 amide bonds. The molecule has 0 aromatic heterocycles. The van der Waals surface area contributed by atoms with Gasteiger partial charge in [0, 0.05) is 5.41 Å². The van der Waals surface area contributed by atoms with Crippen molar-refractivity contribution in [2.75, 3.05) is 6.54 Å². The quantitative estimate of drug-likeness (QED) is 0.573. The lowest BCUT2D eigenvalue weighted by Crippen LogP contribution is -2.30. The number of nitrogens with two attached hydrogens (primary N) is 1. The largest absolute Gasteiger partial charge is 0.330 e. The summed E-state index contributed by atoms with van der Waals surface area (Å²) in [5.74, 6) is 0. The van der Waals surface area contributed by atoms with Crippen LogP contribution < -0.4 is 5.73 Å². The van der Waals surface area contributed by atoms with Crippen LogP contribution >= 0.6 is 17.0 Å². The average Bonchev–Trinajstić information content (AvgIpc) is 2.65. The lowest BCUT2D eigenvalue weighted by Gasteiger charge is -2.36. The van der Waals surface area contributed by atoms with E-state index >= 15 is 0 Å². The molecule has 3 aromatic carbocycles. The first kappa shape index (κ1) is 18.4. The van der Waals surface area contributed by atoms with Crippen molar-refractivity contribution in [2.45, 2.75) is 18.3 Å². The number of benzene rings is 3. The van der Waals surface area contributed by atoms with Gasteiger partial charge in [0.05, 0.1) is 0 Å². The molecule has 124 valence electrons. The Labute approximate surface area is 155 Å². The molecule has 0 heterocycles. The number of rotatable bonds is 6. The molecule has 0 aliphatic heterocycles. The fourth-order valence-electron chi connectivity index (χ4n) is 3.47. The molecule has 2 heteroatoms. The summed E-state index contributed by atoms with van der Waals surface area (Å²) in [5, 5.41) is 0. The molecule has 0 unspecified atom stereocenters. The van der Waals surface area contributed by atoms with Gasteiger partial charge in [-0.05, 0) is 36.1 Å². The molecule has 0 spiro atoms. The van der Waals surface area contributed by atoms with E-state index in [-0.39, 0.29) is 22.4 Å². The van der Waals surface area contributed by atoms with E-state index in [1.807, 2.05) is 0 Å². The van der Waals surface area contributed by atoms with Crippen LogP contribution in [0.5, 0.6) is 0 Å². The van der Waals surface area contributed by atoms with Gasteiger partial charge in [-0.2, -0.15) is 0 Å². The Kier molecular flexibility index (Phi) is 6.77. The number of halogens is 1. The van der Waals surface area contributed by atoms with Crippen molar-refractivity contribution in [1.82, 2.24) is 0 Å². The molecule has 0 atom stereocenters. The summed E-state index contributed by atoms with van der Waals surface area (Å²) < 4.78 is 0. The second-order valence-electron chi connectivity index (χ2n) is 5.90. The molecule has 3 aromatic rings. The second kappa shape index (κ2) is 8.81. The molecule has 0 aliphatic carbocycles. The summed E-state index contributed by atoms with van der Waals surface area (Å²) in [4.78, 5) is 0. The third kappa shape index (κ3) is 3.61. The topological polar surface area (TPSA) is 26.0 Å². The summed E-state index contributed by atoms with van der Waals surface area (Å²) in [5.41, 5.74) is 9.69. The van der Waals surface area contributed by atoms with Gasteiger partial charge < -0.3 is 5.73 Å². The highest BCUT2D eigenvalue weighted by atomic mass is 79.9. The molecule has 0 radical (unpaired) electrons. The van der Waals surface area contributed by atoms with Gasteiger partial charge in [0.15, 0.2) is 0 Å². The van der Waals surface area contributed by atoms with Crippen LogP contribution in [0.1, 0.15) is 29.5 Å². The van der Waals surface area contributed by atoms with E-state index in [1.165, 1.54) is 16.7 Å². The zero-order valence-corrected chi connectivity index (χ0v) is 15.5. The highest BCUT2D eigenvalue weighted by Gasteiger charge is 2.35. The summed E-state index contributed by atoms with van der Waals surface area (Å²) in [7, 11) is 0. The molecule has 3 rings (SSSR count). The Morgan fingerprint density at radius 1 is 0.583 bits per heavy atom. The SMILES string of the molecule is Br.NCCCC(c1ccccc1)(c1ccccc1)c1ccccc1. The molecule has 2 N–H and O–H groups in total. The Hall–Kier alpha value is -1.90. The van der Waals surface area contributed by atoms with Crippen LogP contribution in [-0.2, 0) is 5.41 Å². The summed E-state index contributed by atoms with van der Waals surface area (Å²) in [6.07, 6.45) is 1.99. The van der Waals surface area contributed by atoms with Crippen LogP contribution in [0.2, 0.25) is 0 Å². The second-order valence-corrected chi connectivity index (χ2v) is 5.90. The van der Waals surface area contributed by atoms with Crippen molar-refractivity contribution in [3.05, 3.63) is 108 Å². The minimum absolute atomic E-state index is 0. The summed E-state index contributed by atoms with van der Waals surface area (Å²) >= 11 is 0. The predicted octanol–water partition coefficient (Wildman–Crippen LogP) is 5.34. The molecule has 24 heavy (non-hydrogen) atoms. The molecule has 0 fully saturated rings. The van der Waals surface area contributed by atoms with Gasteiger partial charge in [-0.3, -0.25) is 0 Å². The standard InChI is InChI=1S/C22H23N.BrH/c23-18-10-17-22(19-11-4-1-5-12-19,20-13-6-2-7-14-20)21-15-8-3-9-16-21;/h1-9,11-16H,10,17-18,23H2;1H. The third-order valence-corrected chi connectivity index (χ3v) is 4.56. The van der Waals surface area contributed by atoms with E-state index in [9.17, 15) is 0 Å². The van der Waals surface area contributed by atoms with Crippen molar-refractivity contribution in [3.63, 3.8) is 0 Å². The Morgan fingerprint density at radius 2 is 0.917 bits per heavy atom. The summed E-state index contributed by atoms with van der Waals surface area (Å²) in [6, 6.07) is 32.4. The number of hydrogen-bond acceptors (Lipinski definition) is 1. The highest BCUT2D eigenvalue weighted by molar-refractivity contribution is 8.93. The van der Waals surface area contributed by atoms with E-state index in [2.05, 4.69) is 91.0 Å². The maximum Gasteiger partial charge on any atom is 0.0451 e. The maximum absolute atomic E-state index is 5.87. The Balaban J connectivity index is 0.00000208. The molecular formula is C22H24BrN. The molecule has 0 bridgehead atoms. The van der Waals surface area contributed by atoms with Gasteiger partial charge in [0.2, 0.25) is 0 Å². The molecule has 0 saturated heterocycles. The van der Waals surface area contributed by atoms with Crippen molar-refractivity contribution in [1.29, 1.82) is 0 Å². The Bertz CT molecular complexity index is 614. The first-order valence-corrected chi connectivity index (χ1v) is 8.24. The third-order valence-electron chi connectivity index (χ3n) is 4.56. The van der Waals surface area contributed by atoms with Crippen LogP contribution in [0.4, 0.5) is 0 Å². The van der Waals surface area contributed by atoms with E-state index in [0.29, 0.717) is 6.54 Å². The molecular weight excluding hydrogens is 358 g/mol. The van der Waals surface area contributed by atoms with Gasteiger partial charge >= 0.3 is 0 Å². The monoisotopic (exact) mass is 381 g/mol. The van der Waals surface area contributed by atoms with Crippen LogP contribution in [0.15, 0.2) is 91.0 Å². The van der Waals surface area contributed by atoms with Gasteiger partial charge in [0.1, 0.15) is 0 Å². The van der Waals surface area contributed by atoms with Crippen molar-refractivity contribution >= 4 is 17.0 Å². The first-order valence-electron chi connectivity index (χ1n) is 8.24. The Morgan fingerprint density at radius 3 is 1.21 bits per heavy atom. The number of hydrogen-bond donors (Lipinski definition) is 1. The first-order chi connectivity index (χ1) is 11.4. The minimum atomic E-state index is -0.150. The van der Waals surface area contributed by atoms with Crippen molar-refractivity contribution in [2.24, 2.45) is 5.73 Å². The van der Waals surface area contributed by atoms with Crippen LogP contribution in [0, 0.1) is 0 Å². The lowest BCUT2D eigenvalue weighted by atomic mass is 9.67. The smallest absolute Gasteiger partial charge is 0.0451 e. The van der Waals surface area contributed by atoms with E-state index < -0.39 is 0 Å². The van der Waals surface area contributed by atoms with E-state index in [4.69, 9.17) is 5.73 Å². The van der Waals surface area contributed by atoms with Crippen LogP contribution in [0.3, 0.4) is 0 Å². The fraction of sp³-hybridized carbons (Fsp3) is 0.182. The van der Waals surface area contributed by atoms with Gasteiger partial charge in [-0.25, -0.2) is 0 Å². The maximum atomic E-state index is 5.87. The van der Waals surface area contributed by atoms with Crippen molar-refractivity contribution in [3.8, 4) is 0 Å².